The molecular weight excluding hydrogens is 338 g/mol. The van der Waals surface area contributed by atoms with Crippen LogP contribution in [-0.2, 0) is 6.54 Å². The largest absolute Gasteiger partial charge is 0.468 e. The van der Waals surface area contributed by atoms with Gasteiger partial charge in [0.1, 0.15) is 5.76 Å². The molecule has 1 saturated heterocycles. The van der Waals surface area contributed by atoms with Gasteiger partial charge in [0.2, 0.25) is 0 Å². The molecule has 0 aliphatic carbocycles. The van der Waals surface area contributed by atoms with E-state index in [4.69, 9.17) is 9.52 Å². The summed E-state index contributed by atoms with van der Waals surface area (Å²) in [7, 11) is 0. The third-order valence-electron chi connectivity index (χ3n) is 5.27. The van der Waals surface area contributed by atoms with Gasteiger partial charge in [-0.3, -0.25) is 4.90 Å². The summed E-state index contributed by atoms with van der Waals surface area (Å²) in [6, 6.07) is 18.2. The van der Waals surface area contributed by atoms with E-state index in [1.54, 1.807) is 6.26 Å². The van der Waals surface area contributed by atoms with E-state index in [1.807, 2.05) is 47.0 Å². The van der Waals surface area contributed by atoms with Crippen LogP contribution in [0.5, 0.6) is 0 Å². The van der Waals surface area contributed by atoms with Crippen LogP contribution in [-0.4, -0.2) is 37.8 Å². The predicted octanol–water partition coefficient (Wildman–Crippen LogP) is 3.76. The molecule has 0 amide bonds. The third-order valence-corrected chi connectivity index (χ3v) is 5.27. The summed E-state index contributed by atoms with van der Waals surface area (Å²) in [4.78, 5) is 2.43. The highest BCUT2D eigenvalue weighted by molar-refractivity contribution is 5.59. The fraction of sp³-hybridized carbons (Fsp3) is 0.286. The Balaban J connectivity index is 1.36. The Morgan fingerprint density at radius 3 is 2.56 bits per heavy atom. The number of hydrogen-bond acceptors (Lipinski definition) is 5. The van der Waals surface area contributed by atoms with Crippen molar-refractivity contribution in [3.05, 3.63) is 72.4 Å². The first kappa shape index (κ1) is 16.2. The van der Waals surface area contributed by atoms with Gasteiger partial charge in [0.05, 0.1) is 18.5 Å². The second-order valence-corrected chi connectivity index (χ2v) is 7.04. The summed E-state index contributed by atoms with van der Waals surface area (Å²) < 4.78 is 7.40. The maximum Gasteiger partial charge on any atom is 0.177 e. The number of furan rings is 1. The van der Waals surface area contributed by atoms with Crippen molar-refractivity contribution >= 4 is 5.65 Å². The first-order chi connectivity index (χ1) is 13.4. The lowest BCUT2D eigenvalue weighted by molar-refractivity contribution is 0.187. The van der Waals surface area contributed by atoms with E-state index in [2.05, 4.69) is 27.2 Å². The van der Waals surface area contributed by atoms with Crippen LogP contribution in [0.25, 0.3) is 16.9 Å². The summed E-state index contributed by atoms with van der Waals surface area (Å²) in [6.07, 6.45) is 3.85. The SMILES string of the molecule is c1ccc(-c2ccc3nnc(C4CCN(Cc5ccco5)CC4)n3n2)cc1. The Kier molecular flexibility index (Phi) is 4.18. The Morgan fingerprint density at radius 1 is 0.926 bits per heavy atom. The predicted molar refractivity (Wildman–Crippen MR) is 102 cm³/mol. The molecule has 0 radical (unpaired) electrons. The first-order valence-electron chi connectivity index (χ1n) is 9.39. The van der Waals surface area contributed by atoms with E-state index in [0.29, 0.717) is 5.92 Å². The van der Waals surface area contributed by atoms with Crippen molar-refractivity contribution in [3.63, 3.8) is 0 Å². The number of fused-ring (bicyclic) bond motifs is 1. The second-order valence-electron chi connectivity index (χ2n) is 7.04. The maximum absolute atomic E-state index is 5.47. The molecule has 1 aliphatic heterocycles. The number of piperidine rings is 1. The minimum Gasteiger partial charge on any atom is -0.468 e. The molecule has 0 saturated carbocycles. The summed E-state index contributed by atoms with van der Waals surface area (Å²) in [6.45, 7) is 2.92. The van der Waals surface area contributed by atoms with Crippen molar-refractivity contribution in [1.82, 2.24) is 24.7 Å². The van der Waals surface area contributed by atoms with Crippen LogP contribution >= 0.6 is 0 Å². The molecule has 5 rings (SSSR count). The molecule has 0 bridgehead atoms. The van der Waals surface area contributed by atoms with Crippen molar-refractivity contribution in [1.29, 1.82) is 0 Å². The Bertz CT molecular complexity index is 1020. The number of nitrogens with zero attached hydrogens (tertiary/aromatic N) is 5. The van der Waals surface area contributed by atoms with Gasteiger partial charge in [-0.2, -0.15) is 9.61 Å². The van der Waals surface area contributed by atoms with Crippen LogP contribution in [0, 0.1) is 0 Å². The normalized spacial score (nSPS) is 16.1. The molecule has 0 spiro atoms. The minimum atomic E-state index is 0.381. The molecule has 0 atom stereocenters. The maximum atomic E-state index is 5.47. The van der Waals surface area contributed by atoms with Crippen LogP contribution in [0.2, 0.25) is 0 Å². The van der Waals surface area contributed by atoms with E-state index < -0.39 is 0 Å². The van der Waals surface area contributed by atoms with Gasteiger partial charge in [-0.1, -0.05) is 30.3 Å². The molecule has 4 heterocycles. The molecule has 0 unspecified atom stereocenters. The average Bonchev–Trinajstić information content (AvgIpc) is 3.39. The fourth-order valence-electron chi connectivity index (χ4n) is 3.80. The van der Waals surface area contributed by atoms with Crippen LogP contribution in [0.15, 0.2) is 65.3 Å². The Labute approximate surface area is 157 Å². The highest BCUT2D eigenvalue weighted by Crippen LogP contribution is 2.28. The summed E-state index contributed by atoms with van der Waals surface area (Å²) in [5, 5.41) is 13.6. The monoisotopic (exact) mass is 359 g/mol. The van der Waals surface area contributed by atoms with Crippen LogP contribution < -0.4 is 0 Å². The van der Waals surface area contributed by atoms with Gasteiger partial charge in [0.15, 0.2) is 11.5 Å². The molecule has 6 heteroatoms. The topological polar surface area (TPSA) is 59.5 Å². The molecule has 3 aromatic heterocycles. The van der Waals surface area contributed by atoms with Crippen molar-refractivity contribution in [2.24, 2.45) is 0 Å². The van der Waals surface area contributed by atoms with Crippen molar-refractivity contribution < 1.29 is 4.42 Å². The lowest BCUT2D eigenvalue weighted by atomic mass is 9.96. The van der Waals surface area contributed by atoms with Gasteiger partial charge in [-0.05, 0) is 50.2 Å². The summed E-state index contributed by atoms with van der Waals surface area (Å²) in [5.41, 5.74) is 2.86. The van der Waals surface area contributed by atoms with E-state index in [-0.39, 0.29) is 0 Å². The zero-order valence-electron chi connectivity index (χ0n) is 15.0. The highest BCUT2D eigenvalue weighted by Gasteiger charge is 2.25. The average molecular weight is 359 g/mol. The van der Waals surface area contributed by atoms with Crippen molar-refractivity contribution in [3.8, 4) is 11.3 Å². The second kappa shape index (κ2) is 6.96. The van der Waals surface area contributed by atoms with Crippen LogP contribution in [0.1, 0.15) is 30.3 Å². The summed E-state index contributed by atoms with van der Waals surface area (Å²) >= 11 is 0. The van der Waals surface area contributed by atoms with Gasteiger partial charge in [0, 0.05) is 11.5 Å². The molecule has 6 nitrogen and oxygen atoms in total. The number of rotatable bonds is 4. The van der Waals surface area contributed by atoms with Gasteiger partial charge >= 0.3 is 0 Å². The standard InChI is InChI=1S/C21H21N5O/c1-2-5-16(6-3-1)19-8-9-20-22-23-21(26(20)24-19)17-10-12-25(13-11-17)15-18-7-4-14-27-18/h1-9,14,17H,10-13,15H2. The first-order valence-corrected chi connectivity index (χ1v) is 9.39. The molecule has 1 aromatic carbocycles. The van der Waals surface area contributed by atoms with Crippen LogP contribution in [0.4, 0.5) is 0 Å². The molecule has 4 aromatic rings. The van der Waals surface area contributed by atoms with Gasteiger partial charge < -0.3 is 4.42 Å². The quantitative estimate of drug-likeness (QED) is 0.555. The van der Waals surface area contributed by atoms with Gasteiger partial charge in [-0.25, -0.2) is 0 Å². The molecule has 0 N–H and O–H groups in total. The molecule has 136 valence electrons. The fourth-order valence-corrected chi connectivity index (χ4v) is 3.80. The zero-order valence-corrected chi connectivity index (χ0v) is 15.0. The molecule has 27 heavy (non-hydrogen) atoms. The number of aromatic nitrogens is 4. The lowest BCUT2D eigenvalue weighted by Gasteiger charge is -2.30. The molecule has 1 fully saturated rings. The molecule has 1 aliphatic rings. The summed E-state index contributed by atoms with van der Waals surface area (Å²) in [5.74, 6) is 2.38. The van der Waals surface area contributed by atoms with E-state index in [9.17, 15) is 0 Å². The van der Waals surface area contributed by atoms with Gasteiger partial charge in [0.25, 0.3) is 0 Å². The zero-order chi connectivity index (χ0) is 18.1. The number of benzene rings is 1. The number of likely N-dealkylation sites (tertiary alicyclic amines) is 1. The number of hydrogen-bond donors (Lipinski definition) is 0. The lowest BCUT2D eigenvalue weighted by Crippen LogP contribution is -2.33. The smallest absolute Gasteiger partial charge is 0.177 e. The Morgan fingerprint density at radius 2 is 1.78 bits per heavy atom. The van der Waals surface area contributed by atoms with E-state index in [1.165, 1.54) is 0 Å². The molecular formula is C21H21N5O. The van der Waals surface area contributed by atoms with Crippen molar-refractivity contribution in [2.75, 3.05) is 13.1 Å². The van der Waals surface area contributed by atoms with Gasteiger partial charge in [-0.15, -0.1) is 10.2 Å². The van der Waals surface area contributed by atoms with E-state index in [0.717, 1.165) is 61.0 Å². The van der Waals surface area contributed by atoms with E-state index >= 15 is 0 Å². The van der Waals surface area contributed by atoms with Crippen molar-refractivity contribution in [2.45, 2.75) is 25.3 Å². The Hall–Kier alpha value is -2.99. The third kappa shape index (κ3) is 3.24. The highest BCUT2D eigenvalue weighted by atomic mass is 16.3. The van der Waals surface area contributed by atoms with Crippen LogP contribution in [0.3, 0.4) is 0 Å². The minimum absolute atomic E-state index is 0.381.